The Morgan fingerprint density at radius 2 is 2.46 bits per heavy atom. The number of carboxylic acid groups (broad SMARTS) is 1. The molecule has 1 N–H and O–H groups in total. The number of rotatable bonds is 1. The summed E-state index contributed by atoms with van der Waals surface area (Å²) in [6, 6.07) is 1.29. The average Bonchev–Trinajstić information content (AvgIpc) is 2.49. The van der Waals surface area contributed by atoms with Crippen LogP contribution in [0, 0.1) is 0 Å². The first-order valence-electron chi connectivity index (χ1n) is 4.18. The third-order valence-corrected chi connectivity index (χ3v) is 2.25. The predicted molar refractivity (Wildman–Crippen MR) is 42.5 cm³/mol. The summed E-state index contributed by atoms with van der Waals surface area (Å²) in [7, 11) is 0. The van der Waals surface area contributed by atoms with Gasteiger partial charge in [-0.05, 0) is 18.9 Å². The first-order chi connectivity index (χ1) is 6.18. The van der Waals surface area contributed by atoms with E-state index >= 15 is 0 Å². The maximum atomic E-state index is 13.2. The molecule has 0 bridgehead atoms. The summed E-state index contributed by atoms with van der Waals surface area (Å²) in [5.74, 6) is -0.799. The van der Waals surface area contributed by atoms with Crippen molar-refractivity contribution in [3.05, 3.63) is 23.2 Å². The molecule has 0 aromatic carbocycles. The average molecular weight is 184 g/mol. The number of hydrogen-bond donors (Lipinski definition) is 1. The van der Waals surface area contributed by atoms with Gasteiger partial charge in [0.1, 0.15) is 11.9 Å². The zero-order valence-electron chi connectivity index (χ0n) is 6.92. The summed E-state index contributed by atoms with van der Waals surface area (Å²) in [6.07, 6.45) is 0.774. The molecular formula is C9H9FO3. The van der Waals surface area contributed by atoms with Gasteiger partial charge in [-0.25, -0.2) is 9.18 Å². The van der Waals surface area contributed by atoms with Gasteiger partial charge in [-0.2, -0.15) is 0 Å². The number of halogens is 1. The second-order valence-corrected chi connectivity index (χ2v) is 3.15. The van der Waals surface area contributed by atoms with Crippen molar-refractivity contribution >= 4 is 5.97 Å². The van der Waals surface area contributed by atoms with Crippen LogP contribution < -0.4 is 0 Å². The number of aryl methyl sites for hydroxylation is 1. The second kappa shape index (κ2) is 2.87. The molecule has 1 atom stereocenters. The van der Waals surface area contributed by atoms with E-state index in [1.807, 2.05) is 0 Å². The summed E-state index contributed by atoms with van der Waals surface area (Å²) in [5, 5.41) is 8.60. The van der Waals surface area contributed by atoms with Crippen molar-refractivity contribution in [2.75, 3.05) is 0 Å². The van der Waals surface area contributed by atoms with Gasteiger partial charge in [0.05, 0.1) is 0 Å². The molecule has 0 fully saturated rings. The Bertz CT molecular complexity index is 343. The number of hydrogen-bond acceptors (Lipinski definition) is 2. The first kappa shape index (κ1) is 8.29. The SMILES string of the molecule is O=C(O)c1cc2c(o1)CCCC2F. The van der Waals surface area contributed by atoms with Gasteiger partial charge >= 0.3 is 5.97 Å². The highest BCUT2D eigenvalue weighted by atomic mass is 19.1. The van der Waals surface area contributed by atoms with E-state index in [2.05, 4.69) is 0 Å². The summed E-state index contributed by atoms with van der Waals surface area (Å²) in [6.45, 7) is 0. The molecule has 3 nitrogen and oxygen atoms in total. The highest BCUT2D eigenvalue weighted by Crippen LogP contribution is 2.34. The molecule has 1 aromatic rings. The number of carboxylic acids is 1. The largest absolute Gasteiger partial charge is 0.475 e. The zero-order valence-corrected chi connectivity index (χ0v) is 6.92. The van der Waals surface area contributed by atoms with Crippen molar-refractivity contribution in [3.63, 3.8) is 0 Å². The van der Waals surface area contributed by atoms with E-state index in [1.165, 1.54) is 6.07 Å². The second-order valence-electron chi connectivity index (χ2n) is 3.15. The Morgan fingerprint density at radius 3 is 3.08 bits per heavy atom. The summed E-state index contributed by atoms with van der Waals surface area (Å²) < 4.78 is 18.2. The fraction of sp³-hybridized carbons (Fsp3) is 0.444. The summed E-state index contributed by atoms with van der Waals surface area (Å²) in [5.41, 5.74) is 0.420. The number of alkyl halides is 1. The van der Waals surface area contributed by atoms with Crippen LogP contribution in [-0.4, -0.2) is 11.1 Å². The van der Waals surface area contributed by atoms with Crippen LogP contribution in [0.15, 0.2) is 10.5 Å². The van der Waals surface area contributed by atoms with Gasteiger partial charge < -0.3 is 9.52 Å². The zero-order chi connectivity index (χ0) is 9.42. The molecule has 13 heavy (non-hydrogen) atoms. The van der Waals surface area contributed by atoms with Crippen LogP contribution >= 0.6 is 0 Å². The van der Waals surface area contributed by atoms with Crippen molar-refractivity contribution < 1.29 is 18.7 Å². The van der Waals surface area contributed by atoms with Gasteiger partial charge in [-0.1, -0.05) is 0 Å². The lowest BCUT2D eigenvalue weighted by atomic mass is 9.97. The van der Waals surface area contributed by atoms with E-state index < -0.39 is 12.1 Å². The molecule has 4 heteroatoms. The maximum Gasteiger partial charge on any atom is 0.371 e. The topological polar surface area (TPSA) is 50.4 Å². The molecule has 1 aromatic heterocycles. The smallest absolute Gasteiger partial charge is 0.371 e. The monoisotopic (exact) mass is 184 g/mol. The van der Waals surface area contributed by atoms with E-state index in [0.29, 0.717) is 24.2 Å². The van der Waals surface area contributed by atoms with E-state index in [-0.39, 0.29) is 5.76 Å². The van der Waals surface area contributed by atoms with Gasteiger partial charge in [-0.3, -0.25) is 0 Å². The van der Waals surface area contributed by atoms with E-state index in [1.54, 1.807) is 0 Å². The molecule has 0 saturated carbocycles. The Morgan fingerprint density at radius 1 is 1.69 bits per heavy atom. The number of fused-ring (bicyclic) bond motifs is 1. The van der Waals surface area contributed by atoms with Crippen LogP contribution in [0.2, 0.25) is 0 Å². The fourth-order valence-electron chi connectivity index (χ4n) is 1.61. The van der Waals surface area contributed by atoms with Crippen LogP contribution in [-0.2, 0) is 6.42 Å². The van der Waals surface area contributed by atoms with E-state index in [4.69, 9.17) is 9.52 Å². The van der Waals surface area contributed by atoms with Crippen LogP contribution in [0.3, 0.4) is 0 Å². The Kier molecular flexibility index (Phi) is 1.83. The van der Waals surface area contributed by atoms with Crippen molar-refractivity contribution in [1.82, 2.24) is 0 Å². The van der Waals surface area contributed by atoms with Crippen molar-refractivity contribution in [1.29, 1.82) is 0 Å². The Balaban J connectivity index is 2.42. The third-order valence-electron chi connectivity index (χ3n) is 2.25. The van der Waals surface area contributed by atoms with Gasteiger partial charge in [0, 0.05) is 12.0 Å². The van der Waals surface area contributed by atoms with Crippen molar-refractivity contribution in [3.8, 4) is 0 Å². The quantitative estimate of drug-likeness (QED) is 0.728. The summed E-state index contributed by atoms with van der Waals surface area (Å²) in [4.78, 5) is 10.5. The lowest BCUT2D eigenvalue weighted by molar-refractivity contribution is 0.0660. The molecule has 1 aliphatic carbocycles. The Labute approximate surface area is 74.2 Å². The minimum Gasteiger partial charge on any atom is -0.475 e. The molecule has 0 spiro atoms. The van der Waals surface area contributed by atoms with Crippen LogP contribution in [0.25, 0.3) is 0 Å². The van der Waals surface area contributed by atoms with Crippen molar-refractivity contribution in [2.45, 2.75) is 25.4 Å². The number of furan rings is 1. The van der Waals surface area contributed by atoms with Gasteiger partial charge in [0.25, 0.3) is 0 Å². The van der Waals surface area contributed by atoms with Crippen LogP contribution in [0.5, 0.6) is 0 Å². The molecule has 2 rings (SSSR count). The number of aromatic carboxylic acids is 1. The normalized spacial score (nSPS) is 21.2. The third kappa shape index (κ3) is 1.32. The van der Waals surface area contributed by atoms with E-state index in [9.17, 15) is 9.18 Å². The highest BCUT2D eigenvalue weighted by molar-refractivity contribution is 5.84. The molecule has 1 unspecified atom stereocenters. The molecule has 1 aliphatic rings. The molecule has 0 radical (unpaired) electrons. The molecule has 0 saturated heterocycles. The maximum absolute atomic E-state index is 13.2. The molecular weight excluding hydrogens is 175 g/mol. The molecule has 1 heterocycles. The lowest BCUT2D eigenvalue weighted by Crippen LogP contribution is -2.02. The van der Waals surface area contributed by atoms with Gasteiger partial charge in [-0.15, -0.1) is 0 Å². The first-order valence-corrected chi connectivity index (χ1v) is 4.18. The fourth-order valence-corrected chi connectivity index (χ4v) is 1.61. The molecule has 0 aliphatic heterocycles. The lowest BCUT2D eigenvalue weighted by Gasteiger charge is -2.12. The summed E-state index contributed by atoms with van der Waals surface area (Å²) >= 11 is 0. The van der Waals surface area contributed by atoms with Crippen molar-refractivity contribution in [2.24, 2.45) is 0 Å². The predicted octanol–water partition coefficient (Wildman–Crippen LogP) is 2.32. The standard InChI is InChI=1S/C9H9FO3/c10-6-2-1-3-7-5(6)4-8(13-7)9(11)12/h4,6H,1-3H2,(H,11,12). The number of carbonyl (C=O) groups is 1. The molecule has 70 valence electrons. The minimum absolute atomic E-state index is 0.158. The van der Waals surface area contributed by atoms with Gasteiger partial charge in [0.2, 0.25) is 5.76 Å². The van der Waals surface area contributed by atoms with E-state index in [0.717, 1.165) is 6.42 Å². The van der Waals surface area contributed by atoms with Crippen LogP contribution in [0.4, 0.5) is 4.39 Å². The van der Waals surface area contributed by atoms with Crippen LogP contribution in [0.1, 0.15) is 40.9 Å². The Hall–Kier alpha value is -1.32. The molecule has 0 amide bonds. The van der Waals surface area contributed by atoms with Gasteiger partial charge in [0.15, 0.2) is 0 Å². The minimum atomic E-state index is -1.14. The highest BCUT2D eigenvalue weighted by Gasteiger charge is 2.25.